The lowest BCUT2D eigenvalue weighted by Crippen LogP contribution is -3.00. The van der Waals surface area contributed by atoms with Gasteiger partial charge in [-0.25, -0.2) is 0 Å². The fourth-order valence-electron chi connectivity index (χ4n) is 8.14. The Morgan fingerprint density at radius 1 is 1.30 bits per heavy atom. The molecule has 3 saturated heterocycles. The molecule has 5 aliphatic heterocycles. The second kappa shape index (κ2) is 5.16. The highest BCUT2D eigenvalue weighted by Crippen LogP contribution is 2.67. The van der Waals surface area contributed by atoms with E-state index in [1.807, 2.05) is 0 Å². The van der Waals surface area contributed by atoms with Crippen LogP contribution in [0.2, 0.25) is 0 Å². The molecule has 1 amide bonds. The van der Waals surface area contributed by atoms with Crippen LogP contribution in [0.5, 0.6) is 0 Å². The standard InChI is InChI=1S/C22H25N2O2.HI/c1-24-8-7-22-15-4-2-3-5-16(15)23-19(25)11-17-20(21(22)23)14(10-18(22)24)13(12-24)6-9-26-17;/h2-6,14,17-18,20-21H,7-12H2,1H3;1H/q+1;/p-1/t14-,17?,18?,20-,21?,22+,24?;/m0./s1. The van der Waals surface area contributed by atoms with Crippen LogP contribution in [-0.2, 0) is 14.9 Å². The maximum Gasteiger partial charge on any atom is 0.229 e. The number of benzene rings is 1. The van der Waals surface area contributed by atoms with Crippen molar-refractivity contribution >= 4 is 11.6 Å². The molecule has 1 spiro atoms. The molecule has 4 unspecified atom stereocenters. The predicted octanol–water partition coefficient (Wildman–Crippen LogP) is -0.759. The average molecular weight is 476 g/mol. The number of carbonyl (C=O) groups is 1. The summed E-state index contributed by atoms with van der Waals surface area (Å²) < 4.78 is 7.45. The molecule has 0 radical (unpaired) electrons. The van der Waals surface area contributed by atoms with Crippen molar-refractivity contribution in [2.24, 2.45) is 11.8 Å². The van der Waals surface area contributed by atoms with E-state index >= 15 is 0 Å². The van der Waals surface area contributed by atoms with E-state index < -0.39 is 0 Å². The van der Waals surface area contributed by atoms with Crippen LogP contribution in [0, 0.1) is 11.8 Å². The molecule has 7 rings (SSSR count). The number of quaternary nitrogens is 1. The van der Waals surface area contributed by atoms with E-state index in [-0.39, 0.29) is 41.4 Å². The highest BCUT2D eigenvalue weighted by Gasteiger charge is 2.75. The first kappa shape index (κ1) is 17.0. The highest BCUT2D eigenvalue weighted by molar-refractivity contribution is 5.99. The van der Waals surface area contributed by atoms with E-state index in [2.05, 4.69) is 42.3 Å². The van der Waals surface area contributed by atoms with Crippen LogP contribution in [0.3, 0.4) is 0 Å². The number of para-hydroxylation sites is 1. The first-order valence-corrected chi connectivity index (χ1v) is 10.2. The first-order chi connectivity index (χ1) is 12.6. The topological polar surface area (TPSA) is 29.5 Å². The molecule has 4 fully saturated rings. The summed E-state index contributed by atoms with van der Waals surface area (Å²) in [7, 11) is 2.47. The summed E-state index contributed by atoms with van der Waals surface area (Å²) in [6, 6.07) is 9.76. The van der Waals surface area contributed by atoms with Gasteiger partial charge in [0.15, 0.2) is 0 Å². The molecule has 2 bridgehead atoms. The normalized spacial score (nSPS) is 47.7. The summed E-state index contributed by atoms with van der Waals surface area (Å²) in [6.07, 6.45) is 5.51. The number of amides is 1. The number of piperidine rings is 2. The lowest BCUT2D eigenvalue weighted by atomic mass is 9.53. The van der Waals surface area contributed by atoms with Crippen molar-refractivity contribution in [3.63, 3.8) is 0 Å². The van der Waals surface area contributed by atoms with Crippen LogP contribution in [0.4, 0.5) is 5.69 Å². The Bertz CT molecular complexity index is 900. The van der Waals surface area contributed by atoms with Crippen molar-refractivity contribution in [2.75, 3.05) is 31.6 Å². The molecule has 1 aliphatic carbocycles. The van der Waals surface area contributed by atoms with Crippen molar-refractivity contribution in [1.82, 2.24) is 0 Å². The van der Waals surface area contributed by atoms with E-state index in [1.54, 1.807) is 5.57 Å². The molecule has 142 valence electrons. The van der Waals surface area contributed by atoms with E-state index in [1.165, 1.54) is 37.2 Å². The number of carbonyl (C=O) groups excluding carboxylic acids is 1. The summed E-state index contributed by atoms with van der Waals surface area (Å²) in [6.45, 7) is 3.12. The van der Waals surface area contributed by atoms with Gasteiger partial charge in [-0.1, -0.05) is 24.3 Å². The average Bonchev–Trinajstić information content (AvgIpc) is 3.05. The van der Waals surface area contributed by atoms with Gasteiger partial charge in [0.2, 0.25) is 5.91 Å². The molecule has 4 nitrogen and oxygen atoms in total. The van der Waals surface area contributed by atoms with Gasteiger partial charge in [-0.05, 0) is 23.1 Å². The lowest BCUT2D eigenvalue weighted by Gasteiger charge is -2.59. The monoisotopic (exact) mass is 476 g/mol. The second-order valence-electron chi connectivity index (χ2n) is 9.67. The van der Waals surface area contributed by atoms with Crippen molar-refractivity contribution in [1.29, 1.82) is 0 Å². The zero-order valence-electron chi connectivity index (χ0n) is 15.6. The van der Waals surface area contributed by atoms with Crippen LogP contribution in [-0.4, -0.2) is 55.3 Å². The van der Waals surface area contributed by atoms with Crippen LogP contribution in [0.1, 0.15) is 24.8 Å². The molecule has 7 atom stereocenters. The molecule has 5 heteroatoms. The SMILES string of the molecule is C[N+]12CC[C@@]34c5ccccc5N5C(=O)CC6OCC=C(C1)[C@H](CC32)[C@@H]6C54.[I-]. The predicted molar refractivity (Wildman–Crippen MR) is 97.8 cm³/mol. The number of hydrogen-bond acceptors (Lipinski definition) is 2. The number of fused-ring (bicyclic) bond motifs is 2. The third-order valence-corrected chi connectivity index (χ3v) is 8.91. The number of likely N-dealkylation sites (N-methyl/N-ethyl adjacent to an activating group) is 1. The second-order valence-corrected chi connectivity index (χ2v) is 9.67. The summed E-state index contributed by atoms with van der Waals surface area (Å²) in [4.78, 5) is 15.5. The Morgan fingerprint density at radius 2 is 2.15 bits per heavy atom. The summed E-state index contributed by atoms with van der Waals surface area (Å²) in [5, 5.41) is 0. The minimum atomic E-state index is 0. The number of hydrogen-bond donors (Lipinski definition) is 0. The summed E-state index contributed by atoms with van der Waals surface area (Å²) in [5.41, 5.74) is 4.43. The number of halogens is 1. The van der Waals surface area contributed by atoms with Gasteiger partial charge in [-0.2, -0.15) is 0 Å². The third-order valence-electron chi connectivity index (χ3n) is 8.91. The number of ether oxygens (including phenoxy) is 1. The Balaban J connectivity index is 0.00000146. The van der Waals surface area contributed by atoms with E-state index in [9.17, 15) is 4.79 Å². The van der Waals surface area contributed by atoms with Crippen molar-refractivity contribution in [2.45, 2.75) is 42.9 Å². The highest BCUT2D eigenvalue weighted by atomic mass is 127. The van der Waals surface area contributed by atoms with Gasteiger partial charge in [0.25, 0.3) is 0 Å². The van der Waals surface area contributed by atoms with Gasteiger partial charge >= 0.3 is 0 Å². The van der Waals surface area contributed by atoms with Crippen LogP contribution in [0.25, 0.3) is 0 Å². The fraction of sp³-hybridized carbons (Fsp3) is 0.591. The quantitative estimate of drug-likeness (QED) is 0.280. The summed E-state index contributed by atoms with van der Waals surface area (Å²) >= 11 is 0. The molecule has 5 heterocycles. The van der Waals surface area contributed by atoms with Crippen molar-refractivity contribution in [3.8, 4) is 0 Å². The minimum Gasteiger partial charge on any atom is -1.00 e. The van der Waals surface area contributed by atoms with Gasteiger partial charge in [0, 0.05) is 24.4 Å². The smallest absolute Gasteiger partial charge is 0.229 e. The van der Waals surface area contributed by atoms with E-state index in [4.69, 9.17) is 4.74 Å². The van der Waals surface area contributed by atoms with Gasteiger partial charge in [-0.15, -0.1) is 0 Å². The van der Waals surface area contributed by atoms with Crippen LogP contribution in [0.15, 0.2) is 35.9 Å². The van der Waals surface area contributed by atoms with E-state index in [0.717, 1.165) is 4.48 Å². The number of nitrogens with zero attached hydrogens (tertiary/aromatic N) is 2. The molecule has 0 aromatic heterocycles. The van der Waals surface area contributed by atoms with Gasteiger partial charge in [0.1, 0.15) is 12.6 Å². The Labute approximate surface area is 177 Å². The van der Waals surface area contributed by atoms with Crippen molar-refractivity contribution in [3.05, 3.63) is 41.5 Å². The zero-order chi connectivity index (χ0) is 17.3. The lowest BCUT2D eigenvalue weighted by molar-refractivity contribution is -0.925. The number of rotatable bonds is 0. The molecular formula is C22H25IN2O2. The number of anilines is 1. The van der Waals surface area contributed by atoms with Crippen molar-refractivity contribution < 1.29 is 38.0 Å². The molecule has 1 aromatic rings. The van der Waals surface area contributed by atoms with Crippen LogP contribution < -0.4 is 28.9 Å². The van der Waals surface area contributed by atoms with Crippen LogP contribution >= 0.6 is 0 Å². The Morgan fingerprint density at radius 3 is 3.04 bits per heavy atom. The molecule has 0 N–H and O–H groups in total. The van der Waals surface area contributed by atoms with Gasteiger partial charge < -0.3 is 38.1 Å². The Kier molecular flexibility index (Phi) is 3.25. The Hall–Kier alpha value is -0.920. The molecule has 27 heavy (non-hydrogen) atoms. The molecule has 6 aliphatic rings. The first-order valence-electron chi connectivity index (χ1n) is 10.2. The van der Waals surface area contributed by atoms with Gasteiger partial charge in [-0.3, -0.25) is 4.79 Å². The largest absolute Gasteiger partial charge is 1.00 e. The van der Waals surface area contributed by atoms with Gasteiger partial charge in [0.05, 0.1) is 44.2 Å². The minimum absolute atomic E-state index is 0. The van der Waals surface area contributed by atoms with E-state index in [0.29, 0.717) is 36.9 Å². The molecule has 1 saturated carbocycles. The third kappa shape index (κ3) is 1.72. The summed E-state index contributed by atoms with van der Waals surface area (Å²) in [5.74, 6) is 1.36. The molecular weight excluding hydrogens is 451 g/mol. The fourth-order valence-corrected chi connectivity index (χ4v) is 8.14. The maximum absolute atomic E-state index is 13.3. The zero-order valence-corrected chi connectivity index (χ0v) is 17.8. The maximum atomic E-state index is 13.3. The molecule has 1 aromatic carbocycles.